The zero-order valence-corrected chi connectivity index (χ0v) is 11.1. The number of benzene rings is 1. The van der Waals surface area contributed by atoms with Crippen molar-refractivity contribution >= 4 is 23.0 Å². The second-order valence-corrected chi connectivity index (χ2v) is 4.66. The van der Waals surface area contributed by atoms with Gasteiger partial charge in [-0.05, 0) is 30.5 Å². The van der Waals surface area contributed by atoms with Crippen LogP contribution in [0.25, 0.3) is 0 Å². The molecule has 0 aliphatic carbocycles. The molecule has 3 N–H and O–H groups in total. The van der Waals surface area contributed by atoms with Crippen LogP contribution in [-0.2, 0) is 0 Å². The van der Waals surface area contributed by atoms with Gasteiger partial charge in [-0.1, -0.05) is 38.3 Å². The first kappa shape index (κ1) is 13.2. The lowest BCUT2D eigenvalue weighted by Gasteiger charge is -2.16. The highest BCUT2D eigenvalue weighted by atomic mass is 35.5. The summed E-state index contributed by atoms with van der Waals surface area (Å²) in [6, 6.07) is 3.83. The highest BCUT2D eigenvalue weighted by molar-refractivity contribution is 6.33. The topological polar surface area (TPSA) is 38.0 Å². The number of halogens is 1. The molecule has 0 spiro atoms. The van der Waals surface area contributed by atoms with Crippen LogP contribution in [0.2, 0.25) is 5.02 Å². The molecule has 0 atom stereocenters. The van der Waals surface area contributed by atoms with Crippen molar-refractivity contribution in [3.63, 3.8) is 0 Å². The SMILES string of the molecule is CCC(CC)CNc1cc(Cl)c(N)cc1C. The molecule has 0 amide bonds. The molecule has 0 heterocycles. The van der Waals surface area contributed by atoms with Gasteiger partial charge in [-0.2, -0.15) is 0 Å². The van der Waals surface area contributed by atoms with Gasteiger partial charge in [0, 0.05) is 12.2 Å². The monoisotopic (exact) mass is 240 g/mol. The first-order chi connectivity index (χ1) is 7.58. The van der Waals surface area contributed by atoms with Crippen LogP contribution in [-0.4, -0.2) is 6.54 Å². The van der Waals surface area contributed by atoms with E-state index < -0.39 is 0 Å². The number of aryl methyl sites for hydroxylation is 1. The smallest absolute Gasteiger partial charge is 0.0656 e. The maximum Gasteiger partial charge on any atom is 0.0656 e. The van der Waals surface area contributed by atoms with Crippen LogP contribution in [0.1, 0.15) is 32.3 Å². The van der Waals surface area contributed by atoms with Gasteiger partial charge in [0.1, 0.15) is 0 Å². The summed E-state index contributed by atoms with van der Waals surface area (Å²) in [6.07, 6.45) is 2.40. The maximum absolute atomic E-state index is 6.00. The van der Waals surface area contributed by atoms with Crippen molar-refractivity contribution in [1.82, 2.24) is 0 Å². The highest BCUT2D eigenvalue weighted by Gasteiger charge is 2.06. The average Bonchev–Trinajstić information content (AvgIpc) is 2.26. The zero-order valence-electron chi connectivity index (χ0n) is 10.3. The molecule has 0 aromatic heterocycles. The summed E-state index contributed by atoms with van der Waals surface area (Å²) >= 11 is 6.00. The summed E-state index contributed by atoms with van der Waals surface area (Å²) in [7, 11) is 0. The van der Waals surface area contributed by atoms with Crippen molar-refractivity contribution < 1.29 is 0 Å². The Hall–Kier alpha value is -0.890. The van der Waals surface area contributed by atoms with Gasteiger partial charge in [-0.15, -0.1) is 0 Å². The molecule has 0 aliphatic rings. The third-order valence-corrected chi connectivity index (χ3v) is 3.41. The number of anilines is 2. The standard InChI is InChI=1S/C13H21ClN2/c1-4-10(5-2)8-16-13-7-11(14)12(15)6-9(13)3/h6-7,10,16H,4-5,8,15H2,1-3H3. The molecule has 1 rings (SSSR count). The Balaban J connectivity index is 2.70. The third kappa shape index (κ3) is 3.31. The second kappa shape index (κ2) is 6.00. The van der Waals surface area contributed by atoms with E-state index in [1.165, 1.54) is 12.8 Å². The average molecular weight is 241 g/mol. The molecule has 0 aliphatic heterocycles. The van der Waals surface area contributed by atoms with Gasteiger partial charge in [0.25, 0.3) is 0 Å². The Labute approximate surface area is 103 Å². The molecule has 16 heavy (non-hydrogen) atoms. The first-order valence-corrected chi connectivity index (χ1v) is 6.25. The van der Waals surface area contributed by atoms with Gasteiger partial charge in [0.15, 0.2) is 0 Å². The fourth-order valence-corrected chi connectivity index (χ4v) is 1.89. The number of hydrogen-bond acceptors (Lipinski definition) is 2. The molecule has 2 nitrogen and oxygen atoms in total. The number of hydrogen-bond donors (Lipinski definition) is 2. The first-order valence-electron chi connectivity index (χ1n) is 5.87. The van der Waals surface area contributed by atoms with Crippen molar-refractivity contribution in [2.24, 2.45) is 5.92 Å². The lowest BCUT2D eigenvalue weighted by atomic mass is 10.0. The molecule has 1 aromatic rings. The Morgan fingerprint density at radius 3 is 2.50 bits per heavy atom. The zero-order chi connectivity index (χ0) is 12.1. The van der Waals surface area contributed by atoms with Gasteiger partial charge in [0.05, 0.1) is 10.7 Å². The van der Waals surface area contributed by atoms with E-state index in [1.807, 2.05) is 19.1 Å². The Kier molecular flexibility index (Phi) is 4.94. The molecular formula is C13H21ClN2. The van der Waals surface area contributed by atoms with E-state index in [9.17, 15) is 0 Å². The minimum absolute atomic E-state index is 0.623. The van der Waals surface area contributed by atoms with Crippen LogP contribution in [0.5, 0.6) is 0 Å². The molecular weight excluding hydrogens is 220 g/mol. The van der Waals surface area contributed by atoms with E-state index in [2.05, 4.69) is 19.2 Å². The Morgan fingerprint density at radius 1 is 1.31 bits per heavy atom. The van der Waals surface area contributed by atoms with Gasteiger partial charge in [-0.25, -0.2) is 0 Å². The number of nitrogens with one attached hydrogen (secondary N) is 1. The summed E-state index contributed by atoms with van der Waals surface area (Å²) in [5, 5.41) is 4.07. The van der Waals surface area contributed by atoms with E-state index in [0.717, 1.165) is 23.7 Å². The molecule has 3 heteroatoms. The summed E-state index contributed by atoms with van der Waals surface area (Å²) in [5.41, 5.74) is 8.62. The van der Waals surface area contributed by atoms with Gasteiger partial charge in [0.2, 0.25) is 0 Å². The van der Waals surface area contributed by atoms with Gasteiger partial charge in [-0.3, -0.25) is 0 Å². The van der Waals surface area contributed by atoms with Gasteiger partial charge < -0.3 is 11.1 Å². The lowest BCUT2D eigenvalue weighted by molar-refractivity contribution is 0.519. The van der Waals surface area contributed by atoms with Crippen LogP contribution in [0, 0.1) is 12.8 Å². The van der Waals surface area contributed by atoms with Crippen LogP contribution >= 0.6 is 11.6 Å². The van der Waals surface area contributed by atoms with Crippen molar-refractivity contribution in [3.05, 3.63) is 22.7 Å². The lowest BCUT2D eigenvalue weighted by Crippen LogP contribution is -2.13. The normalized spacial score (nSPS) is 10.8. The predicted octanol–water partition coefficient (Wildman–Crippen LogP) is 4.08. The van der Waals surface area contributed by atoms with Crippen LogP contribution in [0.4, 0.5) is 11.4 Å². The van der Waals surface area contributed by atoms with E-state index in [-0.39, 0.29) is 0 Å². The van der Waals surface area contributed by atoms with E-state index >= 15 is 0 Å². The summed E-state index contributed by atoms with van der Waals surface area (Å²) in [4.78, 5) is 0. The highest BCUT2D eigenvalue weighted by Crippen LogP contribution is 2.27. The number of nitrogen functional groups attached to an aromatic ring is 1. The molecule has 0 fully saturated rings. The van der Waals surface area contributed by atoms with Crippen molar-refractivity contribution in [3.8, 4) is 0 Å². The Bertz CT molecular complexity index is 346. The molecule has 0 saturated heterocycles. The van der Waals surface area contributed by atoms with Crippen LogP contribution < -0.4 is 11.1 Å². The maximum atomic E-state index is 6.00. The molecule has 90 valence electrons. The largest absolute Gasteiger partial charge is 0.398 e. The summed E-state index contributed by atoms with van der Waals surface area (Å²) in [5.74, 6) is 0.718. The van der Waals surface area contributed by atoms with E-state index in [4.69, 9.17) is 17.3 Å². The minimum Gasteiger partial charge on any atom is -0.398 e. The Morgan fingerprint density at radius 2 is 1.94 bits per heavy atom. The van der Waals surface area contributed by atoms with E-state index in [0.29, 0.717) is 10.7 Å². The molecule has 0 saturated carbocycles. The van der Waals surface area contributed by atoms with Crippen molar-refractivity contribution in [2.75, 3.05) is 17.6 Å². The molecule has 1 aromatic carbocycles. The third-order valence-electron chi connectivity index (χ3n) is 3.08. The number of rotatable bonds is 5. The fraction of sp³-hybridized carbons (Fsp3) is 0.538. The second-order valence-electron chi connectivity index (χ2n) is 4.25. The fourth-order valence-electron chi connectivity index (χ4n) is 1.73. The molecule has 0 radical (unpaired) electrons. The predicted molar refractivity (Wildman–Crippen MR) is 73.2 cm³/mol. The van der Waals surface area contributed by atoms with Crippen molar-refractivity contribution in [1.29, 1.82) is 0 Å². The number of nitrogens with two attached hydrogens (primary N) is 1. The van der Waals surface area contributed by atoms with Crippen molar-refractivity contribution in [2.45, 2.75) is 33.6 Å². The van der Waals surface area contributed by atoms with E-state index in [1.54, 1.807) is 0 Å². The van der Waals surface area contributed by atoms with Crippen LogP contribution in [0.15, 0.2) is 12.1 Å². The van der Waals surface area contributed by atoms with Crippen LogP contribution in [0.3, 0.4) is 0 Å². The summed E-state index contributed by atoms with van der Waals surface area (Å²) in [6.45, 7) is 7.48. The molecule has 0 bridgehead atoms. The molecule has 0 unspecified atom stereocenters. The summed E-state index contributed by atoms with van der Waals surface area (Å²) < 4.78 is 0. The minimum atomic E-state index is 0.623. The quantitative estimate of drug-likeness (QED) is 0.762. The van der Waals surface area contributed by atoms with Gasteiger partial charge >= 0.3 is 0 Å².